The van der Waals surface area contributed by atoms with Crippen molar-refractivity contribution in [3.05, 3.63) is 38.8 Å². The fraction of sp³-hybridized carbons (Fsp3) is 0.308. The van der Waals surface area contributed by atoms with Crippen molar-refractivity contribution in [2.45, 2.75) is 18.8 Å². The Kier molecular flexibility index (Phi) is 4.94. The lowest BCUT2D eigenvalue weighted by Crippen LogP contribution is -2.17. The van der Waals surface area contributed by atoms with Crippen LogP contribution < -0.4 is 4.74 Å². The van der Waals surface area contributed by atoms with E-state index in [1.165, 1.54) is 13.2 Å². The summed E-state index contributed by atoms with van der Waals surface area (Å²) in [7, 11) is 1.46. The van der Waals surface area contributed by atoms with Crippen molar-refractivity contribution >= 4 is 40.6 Å². The number of aliphatic hydroxyl groups is 1. The molecule has 0 amide bonds. The van der Waals surface area contributed by atoms with Gasteiger partial charge in [0.25, 0.3) is 0 Å². The van der Waals surface area contributed by atoms with Gasteiger partial charge >= 0.3 is 0 Å². The number of rotatable bonds is 4. The van der Waals surface area contributed by atoms with E-state index in [-0.39, 0.29) is 22.3 Å². The van der Waals surface area contributed by atoms with E-state index < -0.39 is 12.4 Å². The minimum Gasteiger partial charge on any atom is -0.495 e. The van der Waals surface area contributed by atoms with Crippen LogP contribution in [-0.4, -0.2) is 30.4 Å². The van der Waals surface area contributed by atoms with Crippen molar-refractivity contribution in [3.8, 4) is 5.75 Å². The molecule has 20 heavy (non-hydrogen) atoms. The number of hydrogen-bond acceptors (Lipinski definition) is 4. The van der Waals surface area contributed by atoms with Crippen LogP contribution in [0.15, 0.2) is 28.3 Å². The number of halogens is 3. The topological polar surface area (TPSA) is 55.8 Å². The van der Waals surface area contributed by atoms with E-state index in [9.17, 15) is 9.90 Å². The molecule has 0 aliphatic carbocycles. The molecule has 0 unspecified atom stereocenters. The molecule has 0 aromatic heterocycles. The third-order valence-electron chi connectivity index (χ3n) is 2.86. The van der Waals surface area contributed by atoms with Gasteiger partial charge in [0.05, 0.1) is 22.2 Å². The van der Waals surface area contributed by atoms with Crippen LogP contribution in [0.4, 0.5) is 0 Å². The van der Waals surface area contributed by atoms with Crippen molar-refractivity contribution in [1.82, 2.24) is 0 Å². The molecule has 1 aliphatic rings. The number of carbonyl (C=O) groups excluding carboxylic acids is 1. The Morgan fingerprint density at radius 2 is 2.05 bits per heavy atom. The fourth-order valence-electron chi connectivity index (χ4n) is 1.80. The molecule has 0 fully saturated rings. The Morgan fingerprint density at radius 1 is 1.35 bits per heavy atom. The first-order chi connectivity index (χ1) is 9.43. The summed E-state index contributed by atoms with van der Waals surface area (Å²) in [5.74, 6) is 0.186. The van der Waals surface area contributed by atoms with Crippen LogP contribution in [0.1, 0.15) is 16.8 Å². The van der Waals surface area contributed by atoms with Gasteiger partial charge in [0.1, 0.15) is 11.9 Å². The molecule has 1 aliphatic heterocycles. The summed E-state index contributed by atoms with van der Waals surface area (Å²) in [4.78, 5) is 12.2. The Balaban J connectivity index is 2.14. The highest BCUT2D eigenvalue weighted by Gasteiger charge is 2.33. The van der Waals surface area contributed by atoms with Gasteiger partial charge in [-0.2, -0.15) is 0 Å². The van der Waals surface area contributed by atoms with E-state index >= 15 is 0 Å². The predicted octanol–water partition coefficient (Wildman–Crippen LogP) is 3.33. The first kappa shape index (κ1) is 15.6. The molecule has 0 radical (unpaired) electrons. The van der Waals surface area contributed by atoms with Gasteiger partial charge in [-0.3, -0.25) is 4.79 Å². The monoisotopic (exact) mass is 336 g/mol. The average molecular weight is 338 g/mol. The normalized spacial score (nSPS) is 22.2. The Morgan fingerprint density at radius 3 is 2.60 bits per heavy atom. The van der Waals surface area contributed by atoms with Gasteiger partial charge in [-0.1, -0.05) is 34.8 Å². The van der Waals surface area contributed by atoms with E-state index in [0.717, 1.165) is 0 Å². The summed E-state index contributed by atoms with van der Waals surface area (Å²) < 4.78 is 10.1. The zero-order chi connectivity index (χ0) is 14.9. The van der Waals surface area contributed by atoms with Gasteiger partial charge in [-0.15, -0.1) is 0 Å². The highest BCUT2D eigenvalue weighted by atomic mass is 35.5. The molecule has 4 nitrogen and oxygen atoms in total. The molecule has 2 rings (SSSR count). The number of methoxy groups -OCH3 is 1. The van der Waals surface area contributed by atoms with Gasteiger partial charge in [0, 0.05) is 12.0 Å². The number of hydrogen-bond donors (Lipinski definition) is 1. The molecule has 0 bridgehead atoms. The zero-order valence-corrected chi connectivity index (χ0v) is 12.7. The minimum absolute atomic E-state index is 0.0122. The molecule has 0 saturated heterocycles. The molecular formula is C13H11Cl3O4. The van der Waals surface area contributed by atoms with Crippen molar-refractivity contribution < 1.29 is 19.4 Å². The van der Waals surface area contributed by atoms with Gasteiger partial charge in [0.2, 0.25) is 0 Å². The van der Waals surface area contributed by atoms with Crippen molar-refractivity contribution in [1.29, 1.82) is 0 Å². The lowest BCUT2D eigenvalue weighted by molar-refractivity contribution is -0.0755. The quantitative estimate of drug-likeness (QED) is 0.856. The third kappa shape index (κ3) is 3.10. The molecule has 1 aromatic rings. The van der Waals surface area contributed by atoms with E-state index in [1.54, 1.807) is 12.1 Å². The molecule has 0 spiro atoms. The SMILES string of the molecule is COc1cc(C(=O)C[C@@H]2O[C@H](O)C(Cl)=C2Cl)ccc1Cl. The average Bonchev–Trinajstić information content (AvgIpc) is 2.66. The van der Waals surface area contributed by atoms with Gasteiger partial charge < -0.3 is 14.6 Å². The smallest absolute Gasteiger partial charge is 0.193 e. The number of ketones is 1. The molecule has 1 heterocycles. The second kappa shape index (κ2) is 6.33. The number of Topliss-reactive ketones (excluding diaryl/α,β-unsaturated/α-hetero) is 1. The number of ether oxygens (including phenoxy) is 2. The van der Waals surface area contributed by atoms with Crippen LogP contribution in [0, 0.1) is 0 Å². The second-order valence-electron chi connectivity index (χ2n) is 4.15. The summed E-state index contributed by atoms with van der Waals surface area (Å²) in [6.45, 7) is 0. The Bertz CT molecular complexity index is 571. The maximum atomic E-state index is 12.2. The molecule has 1 N–H and O–H groups in total. The van der Waals surface area contributed by atoms with Crippen molar-refractivity contribution in [2.75, 3.05) is 7.11 Å². The molecule has 108 valence electrons. The summed E-state index contributed by atoms with van der Waals surface area (Å²) in [6, 6.07) is 4.69. The van der Waals surface area contributed by atoms with Crippen LogP contribution in [-0.2, 0) is 4.74 Å². The van der Waals surface area contributed by atoms with E-state index in [2.05, 4.69) is 0 Å². The molecule has 2 atom stereocenters. The lowest BCUT2D eigenvalue weighted by atomic mass is 10.0. The number of benzene rings is 1. The lowest BCUT2D eigenvalue weighted by Gasteiger charge is -2.11. The van der Waals surface area contributed by atoms with Crippen LogP contribution in [0.3, 0.4) is 0 Å². The van der Waals surface area contributed by atoms with Crippen LogP contribution in [0.25, 0.3) is 0 Å². The first-order valence-corrected chi connectivity index (χ1v) is 6.82. The maximum absolute atomic E-state index is 12.2. The summed E-state index contributed by atoms with van der Waals surface area (Å²) in [5.41, 5.74) is 0.414. The Hall–Kier alpha value is -0.780. The third-order valence-corrected chi connectivity index (χ3v) is 4.11. The minimum atomic E-state index is -1.28. The van der Waals surface area contributed by atoms with Gasteiger partial charge in [-0.05, 0) is 18.2 Å². The van der Waals surface area contributed by atoms with E-state index in [0.29, 0.717) is 16.3 Å². The number of aliphatic hydroxyl groups excluding tert-OH is 1. The molecular weight excluding hydrogens is 326 g/mol. The largest absolute Gasteiger partial charge is 0.495 e. The van der Waals surface area contributed by atoms with Crippen LogP contribution in [0.2, 0.25) is 5.02 Å². The Labute approximate surface area is 130 Å². The molecule has 7 heteroatoms. The highest BCUT2D eigenvalue weighted by Crippen LogP contribution is 2.34. The number of carbonyl (C=O) groups is 1. The first-order valence-electron chi connectivity index (χ1n) is 5.69. The fourth-order valence-corrected chi connectivity index (χ4v) is 2.39. The van der Waals surface area contributed by atoms with Gasteiger partial charge in [0.15, 0.2) is 12.1 Å². The second-order valence-corrected chi connectivity index (χ2v) is 5.37. The van der Waals surface area contributed by atoms with Crippen molar-refractivity contribution in [3.63, 3.8) is 0 Å². The van der Waals surface area contributed by atoms with E-state index in [1.807, 2.05) is 0 Å². The zero-order valence-electron chi connectivity index (χ0n) is 10.4. The summed E-state index contributed by atoms with van der Waals surface area (Å²) in [5, 5.41) is 9.97. The summed E-state index contributed by atoms with van der Waals surface area (Å²) >= 11 is 17.5. The molecule has 1 aromatic carbocycles. The predicted molar refractivity (Wildman–Crippen MR) is 76.6 cm³/mol. The van der Waals surface area contributed by atoms with Crippen LogP contribution in [0.5, 0.6) is 5.75 Å². The van der Waals surface area contributed by atoms with E-state index in [4.69, 9.17) is 44.3 Å². The summed E-state index contributed by atoms with van der Waals surface area (Å²) in [6.07, 6.45) is -2.05. The van der Waals surface area contributed by atoms with Crippen LogP contribution >= 0.6 is 34.8 Å². The maximum Gasteiger partial charge on any atom is 0.193 e. The molecule has 0 saturated carbocycles. The van der Waals surface area contributed by atoms with Gasteiger partial charge in [-0.25, -0.2) is 0 Å². The standard InChI is InChI=1S/C13H11Cl3O4/c1-19-9-4-6(2-3-7(9)14)8(17)5-10-11(15)12(16)13(18)20-10/h2-4,10,13,18H,5H2,1H3/t10-,13-/m0/s1. The van der Waals surface area contributed by atoms with Crippen molar-refractivity contribution in [2.24, 2.45) is 0 Å². The highest BCUT2D eigenvalue weighted by molar-refractivity contribution is 6.40.